The first kappa shape index (κ1) is 13.6. The summed E-state index contributed by atoms with van der Waals surface area (Å²) < 4.78 is 19.2. The summed E-state index contributed by atoms with van der Waals surface area (Å²) in [7, 11) is 1.37. The Morgan fingerprint density at radius 2 is 2.00 bits per heavy atom. The molecule has 2 N–H and O–H groups in total. The maximum absolute atomic E-state index is 14.2. The highest BCUT2D eigenvalue weighted by Gasteiger charge is 2.45. The van der Waals surface area contributed by atoms with E-state index in [0.29, 0.717) is 11.3 Å². The maximum atomic E-state index is 14.2. The molecular weight excluding hydrogens is 273 g/mol. The van der Waals surface area contributed by atoms with Crippen molar-refractivity contribution in [2.75, 3.05) is 12.4 Å². The summed E-state index contributed by atoms with van der Waals surface area (Å²) in [4.78, 5) is 12.1. The number of anilines is 1. The van der Waals surface area contributed by atoms with Crippen molar-refractivity contribution >= 4 is 11.6 Å². The zero-order valence-corrected chi connectivity index (χ0v) is 11.4. The van der Waals surface area contributed by atoms with Gasteiger partial charge in [0.15, 0.2) is 17.2 Å². The van der Waals surface area contributed by atoms with E-state index in [9.17, 15) is 14.3 Å². The Labute approximate surface area is 121 Å². The fourth-order valence-corrected chi connectivity index (χ4v) is 2.60. The fraction of sp³-hybridized carbons (Fsp3) is 0.188. The summed E-state index contributed by atoms with van der Waals surface area (Å²) in [5.74, 6) is -1.03. The van der Waals surface area contributed by atoms with Crippen LogP contribution in [-0.4, -0.2) is 18.1 Å². The van der Waals surface area contributed by atoms with Gasteiger partial charge in [-0.05, 0) is 17.7 Å². The van der Waals surface area contributed by atoms with E-state index in [1.165, 1.54) is 19.2 Å². The van der Waals surface area contributed by atoms with Gasteiger partial charge in [-0.3, -0.25) is 4.79 Å². The van der Waals surface area contributed by atoms with E-state index in [0.717, 1.165) is 0 Å². The van der Waals surface area contributed by atoms with Crippen LogP contribution < -0.4 is 10.1 Å². The van der Waals surface area contributed by atoms with Gasteiger partial charge in [-0.15, -0.1) is 0 Å². The topological polar surface area (TPSA) is 58.6 Å². The predicted molar refractivity (Wildman–Crippen MR) is 75.6 cm³/mol. The van der Waals surface area contributed by atoms with E-state index in [1.54, 1.807) is 30.3 Å². The van der Waals surface area contributed by atoms with Crippen LogP contribution in [0.1, 0.15) is 11.1 Å². The molecule has 5 heteroatoms. The lowest BCUT2D eigenvalue weighted by Crippen LogP contribution is -2.36. The highest BCUT2D eigenvalue weighted by molar-refractivity contribution is 6.05. The number of aliphatic hydroxyl groups is 1. The minimum Gasteiger partial charge on any atom is -0.494 e. The van der Waals surface area contributed by atoms with Crippen molar-refractivity contribution in [1.29, 1.82) is 0 Å². The number of methoxy groups -OCH3 is 1. The molecule has 1 heterocycles. The third-order valence-electron chi connectivity index (χ3n) is 3.71. The van der Waals surface area contributed by atoms with Crippen LogP contribution in [0.2, 0.25) is 0 Å². The molecule has 0 saturated carbocycles. The SMILES string of the molecule is COc1cccc(CC2(O)C(=O)Nc3ccccc32)c1F. The van der Waals surface area contributed by atoms with Gasteiger partial charge in [0, 0.05) is 17.7 Å². The Morgan fingerprint density at radius 3 is 2.76 bits per heavy atom. The molecule has 0 saturated heterocycles. The smallest absolute Gasteiger partial charge is 0.261 e. The monoisotopic (exact) mass is 287 g/mol. The van der Waals surface area contributed by atoms with Crippen molar-refractivity contribution < 1.29 is 19.0 Å². The molecule has 1 amide bonds. The standard InChI is InChI=1S/C16H14FNO3/c1-21-13-8-4-5-10(14(13)17)9-16(20)11-6-2-3-7-12(11)18-15(16)19/h2-8,20H,9H2,1H3,(H,18,19). The number of fused-ring (bicyclic) bond motifs is 1. The number of hydrogen-bond donors (Lipinski definition) is 2. The zero-order valence-electron chi connectivity index (χ0n) is 11.4. The van der Waals surface area contributed by atoms with Crippen LogP contribution in [-0.2, 0) is 16.8 Å². The van der Waals surface area contributed by atoms with Crippen LogP contribution >= 0.6 is 0 Å². The average molecular weight is 287 g/mol. The van der Waals surface area contributed by atoms with Crippen LogP contribution in [0.5, 0.6) is 5.75 Å². The lowest BCUT2D eigenvalue weighted by molar-refractivity contribution is -0.133. The summed E-state index contributed by atoms with van der Waals surface area (Å²) in [6, 6.07) is 11.5. The highest BCUT2D eigenvalue weighted by atomic mass is 19.1. The molecule has 0 bridgehead atoms. The minimum atomic E-state index is -1.77. The molecule has 1 aliphatic heterocycles. The molecular formula is C16H14FNO3. The molecule has 1 unspecified atom stereocenters. The first-order chi connectivity index (χ1) is 10.1. The fourth-order valence-electron chi connectivity index (χ4n) is 2.60. The Hall–Kier alpha value is -2.40. The number of nitrogens with one attached hydrogen (secondary N) is 1. The quantitative estimate of drug-likeness (QED) is 0.910. The number of rotatable bonds is 3. The van der Waals surface area contributed by atoms with Crippen molar-refractivity contribution in [3.05, 3.63) is 59.4 Å². The van der Waals surface area contributed by atoms with Gasteiger partial charge in [0.05, 0.1) is 7.11 Å². The van der Waals surface area contributed by atoms with Crippen molar-refractivity contribution in [2.45, 2.75) is 12.0 Å². The van der Waals surface area contributed by atoms with Gasteiger partial charge in [-0.1, -0.05) is 30.3 Å². The third kappa shape index (κ3) is 2.06. The van der Waals surface area contributed by atoms with Gasteiger partial charge in [0.1, 0.15) is 0 Å². The average Bonchev–Trinajstić information content (AvgIpc) is 2.73. The molecule has 21 heavy (non-hydrogen) atoms. The van der Waals surface area contributed by atoms with Gasteiger partial charge in [0.2, 0.25) is 0 Å². The Morgan fingerprint density at radius 1 is 1.24 bits per heavy atom. The Balaban J connectivity index is 2.03. The first-order valence-corrected chi connectivity index (χ1v) is 6.51. The molecule has 0 fully saturated rings. The number of benzene rings is 2. The molecule has 2 aromatic carbocycles. The summed E-state index contributed by atoms with van der Waals surface area (Å²) in [5.41, 5.74) is -0.543. The molecule has 0 aliphatic carbocycles. The van der Waals surface area contributed by atoms with Crippen LogP contribution in [0.4, 0.5) is 10.1 Å². The number of carbonyl (C=O) groups excluding carboxylic acids is 1. The van der Waals surface area contributed by atoms with E-state index in [1.807, 2.05) is 0 Å². The van der Waals surface area contributed by atoms with Crippen molar-refractivity contribution in [3.63, 3.8) is 0 Å². The lowest BCUT2D eigenvalue weighted by Gasteiger charge is -2.21. The van der Waals surface area contributed by atoms with Crippen molar-refractivity contribution in [3.8, 4) is 5.75 Å². The van der Waals surface area contributed by atoms with Crippen LogP contribution in [0, 0.1) is 5.82 Å². The lowest BCUT2D eigenvalue weighted by atomic mass is 9.88. The number of halogens is 1. The molecule has 0 radical (unpaired) electrons. The van der Waals surface area contributed by atoms with Crippen LogP contribution in [0.15, 0.2) is 42.5 Å². The van der Waals surface area contributed by atoms with Gasteiger partial charge in [0.25, 0.3) is 5.91 Å². The van der Waals surface area contributed by atoms with Gasteiger partial charge >= 0.3 is 0 Å². The Kier molecular flexibility index (Phi) is 3.14. The highest BCUT2D eigenvalue weighted by Crippen LogP contribution is 2.39. The van der Waals surface area contributed by atoms with Crippen LogP contribution in [0.25, 0.3) is 0 Å². The number of ether oxygens (including phenoxy) is 1. The second-order valence-corrected chi connectivity index (χ2v) is 4.97. The molecule has 3 rings (SSSR count). The van der Waals surface area contributed by atoms with E-state index in [-0.39, 0.29) is 17.7 Å². The molecule has 1 atom stereocenters. The third-order valence-corrected chi connectivity index (χ3v) is 3.71. The zero-order chi connectivity index (χ0) is 15.0. The summed E-state index contributed by atoms with van der Waals surface area (Å²) in [5, 5.41) is 13.3. The van der Waals surface area contributed by atoms with E-state index in [2.05, 4.69) is 5.32 Å². The van der Waals surface area contributed by atoms with E-state index in [4.69, 9.17) is 4.74 Å². The van der Waals surface area contributed by atoms with Crippen molar-refractivity contribution in [2.24, 2.45) is 0 Å². The van der Waals surface area contributed by atoms with E-state index < -0.39 is 17.3 Å². The van der Waals surface area contributed by atoms with Gasteiger partial charge in [-0.25, -0.2) is 4.39 Å². The molecule has 1 aliphatic rings. The summed E-state index contributed by atoms with van der Waals surface area (Å²) >= 11 is 0. The van der Waals surface area contributed by atoms with E-state index >= 15 is 0 Å². The predicted octanol–water partition coefficient (Wildman–Crippen LogP) is 2.22. The number of carbonyl (C=O) groups is 1. The maximum Gasteiger partial charge on any atom is 0.261 e. The second kappa shape index (κ2) is 4.86. The summed E-state index contributed by atoms with van der Waals surface area (Å²) in [6.07, 6.45) is -0.154. The number of amides is 1. The molecule has 108 valence electrons. The van der Waals surface area contributed by atoms with Gasteiger partial charge in [-0.2, -0.15) is 0 Å². The molecule has 0 aromatic heterocycles. The second-order valence-electron chi connectivity index (χ2n) is 4.97. The first-order valence-electron chi connectivity index (χ1n) is 6.51. The van der Waals surface area contributed by atoms with Gasteiger partial charge < -0.3 is 15.2 Å². The number of hydrogen-bond acceptors (Lipinski definition) is 3. The molecule has 2 aromatic rings. The normalized spacial score (nSPS) is 20.0. The molecule has 4 nitrogen and oxygen atoms in total. The number of para-hydroxylation sites is 1. The van der Waals surface area contributed by atoms with Crippen molar-refractivity contribution in [1.82, 2.24) is 0 Å². The Bertz CT molecular complexity index is 716. The minimum absolute atomic E-state index is 0.0859. The molecule has 0 spiro atoms. The largest absolute Gasteiger partial charge is 0.494 e. The summed E-state index contributed by atoms with van der Waals surface area (Å²) in [6.45, 7) is 0. The van der Waals surface area contributed by atoms with Crippen LogP contribution in [0.3, 0.4) is 0 Å².